The number of cyclic esters (lactones) is 2. The van der Waals surface area contributed by atoms with Crippen LogP contribution >= 0.6 is 0 Å². The van der Waals surface area contributed by atoms with Crippen LogP contribution in [0.5, 0.6) is 0 Å². The number of unbranched alkanes of at least 4 members (excludes halogenated alkanes) is 4. The first-order valence-corrected chi connectivity index (χ1v) is 28.6. The fraction of sp³-hybridized carbons (Fsp3) is 0.455. The van der Waals surface area contributed by atoms with Crippen LogP contribution in [0.2, 0.25) is 0 Å². The molecule has 0 saturated heterocycles. The molecular weight excluding hydrogens is 941 g/mol. The number of carbonyl (C=O) groups is 2. The highest BCUT2D eigenvalue weighted by atomic mass is 16.6. The minimum absolute atomic E-state index is 0.315. The predicted octanol–water partition coefficient (Wildman–Crippen LogP) is 14.8. The van der Waals surface area contributed by atoms with E-state index in [9.17, 15) is 9.59 Å². The number of aromatic nitrogens is 2. The Morgan fingerprint density at radius 3 is 0.921 bits per heavy atom. The van der Waals surface area contributed by atoms with E-state index in [2.05, 4.69) is 175 Å². The van der Waals surface area contributed by atoms with Crippen LogP contribution in [0.3, 0.4) is 0 Å². The molecule has 2 aliphatic rings. The Morgan fingerprint density at radius 2 is 0.671 bits per heavy atom. The molecule has 2 aromatic heterocycles. The highest BCUT2D eigenvalue weighted by Gasteiger charge is 2.53. The van der Waals surface area contributed by atoms with Gasteiger partial charge in [0.05, 0.1) is 11.1 Å². The Hall–Kier alpha value is -6.68. The predicted molar refractivity (Wildman–Crippen MR) is 315 cm³/mol. The molecule has 0 amide bonds. The van der Waals surface area contributed by atoms with Crippen LogP contribution in [0.4, 0.5) is 22.7 Å². The van der Waals surface area contributed by atoms with Crippen LogP contribution in [0.15, 0.2) is 109 Å². The molecule has 0 aliphatic carbocycles. The zero-order valence-electron chi connectivity index (χ0n) is 48.0. The summed E-state index contributed by atoms with van der Waals surface area (Å²) in [6.07, 6.45) is 12.9. The van der Waals surface area contributed by atoms with E-state index in [0.29, 0.717) is 22.5 Å². The van der Waals surface area contributed by atoms with Crippen LogP contribution in [0.1, 0.15) is 183 Å². The maximum absolute atomic E-state index is 13.4. The average molecular weight is 1030 g/mol. The standard InChI is InChI=1S/C37H51N3O2.C29H35N3O2/c1-7-11-22-39(23-12-8-2)30-17-19-33(28(5)26-30)37(35-32(36(41)42-37)16-15-21-38-35)34-20-18-31(27-29(34)6)40(24-13-9-3)25-14-10-4;1-7-31(8-2)22-13-15-25(20(5)18-22)29(27-24(28(33)34-29)12-11-17-30-27)26-16-14-23(19-21(26)6)32(9-3)10-4/h15-21,26-27H,7-14,22-25H2,1-6H3;11-19H,7-10H2,1-6H3. The third-order valence-corrected chi connectivity index (χ3v) is 15.7. The van der Waals surface area contributed by atoms with Crippen molar-refractivity contribution in [3.05, 3.63) is 176 Å². The van der Waals surface area contributed by atoms with Gasteiger partial charge in [-0.05, 0) is 176 Å². The Balaban J connectivity index is 0.000000226. The quantitative estimate of drug-likeness (QED) is 0.0546. The van der Waals surface area contributed by atoms with Crippen LogP contribution in [-0.4, -0.2) is 74.3 Å². The number of pyridine rings is 2. The van der Waals surface area contributed by atoms with Gasteiger partial charge in [0.2, 0.25) is 11.2 Å². The first-order valence-electron chi connectivity index (χ1n) is 28.6. The molecule has 0 spiro atoms. The summed E-state index contributed by atoms with van der Waals surface area (Å²) >= 11 is 0. The second kappa shape index (κ2) is 25.9. The van der Waals surface area contributed by atoms with Crippen LogP contribution in [0, 0.1) is 27.7 Å². The maximum Gasteiger partial charge on any atom is 0.341 e. The molecule has 0 bridgehead atoms. The number of anilines is 4. The zero-order valence-corrected chi connectivity index (χ0v) is 48.0. The maximum atomic E-state index is 13.4. The van der Waals surface area contributed by atoms with E-state index < -0.39 is 11.2 Å². The molecule has 404 valence electrons. The summed E-state index contributed by atoms with van der Waals surface area (Å²) in [4.78, 5) is 45.7. The van der Waals surface area contributed by atoms with Crippen molar-refractivity contribution in [1.29, 1.82) is 0 Å². The van der Waals surface area contributed by atoms with Gasteiger partial charge in [-0.15, -0.1) is 0 Å². The van der Waals surface area contributed by atoms with Gasteiger partial charge in [-0.1, -0.05) is 77.6 Å². The monoisotopic (exact) mass is 1030 g/mol. The highest BCUT2D eigenvalue weighted by Crippen LogP contribution is 2.51. The van der Waals surface area contributed by atoms with E-state index in [1.165, 1.54) is 74.1 Å². The molecule has 2 aliphatic heterocycles. The molecule has 0 radical (unpaired) electrons. The lowest BCUT2D eigenvalue weighted by molar-refractivity contribution is 0.0231. The van der Waals surface area contributed by atoms with Crippen molar-refractivity contribution in [2.45, 2.75) is 146 Å². The first kappa shape index (κ1) is 57.0. The van der Waals surface area contributed by atoms with Gasteiger partial charge in [0.15, 0.2) is 0 Å². The van der Waals surface area contributed by atoms with Crippen LogP contribution in [-0.2, 0) is 20.7 Å². The van der Waals surface area contributed by atoms with Crippen molar-refractivity contribution in [2.75, 3.05) is 72.0 Å². The molecule has 0 fully saturated rings. The van der Waals surface area contributed by atoms with Gasteiger partial charge in [0.25, 0.3) is 0 Å². The van der Waals surface area contributed by atoms with Crippen molar-refractivity contribution in [3.63, 3.8) is 0 Å². The molecule has 4 aromatic carbocycles. The fourth-order valence-corrected chi connectivity index (χ4v) is 11.5. The highest BCUT2D eigenvalue weighted by molar-refractivity contribution is 5.96. The Labute approximate surface area is 455 Å². The molecule has 6 aromatic rings. The number of fused-ring (bicyclic) bond motifs is 2. The van der Waals surface area contributed by atoms with Crippen molar-refractivity contribution < 1.29 is 19.1 Å². The van der Waals surface area contributed by atoms with Gasteiger partial charge >= 0.3 is 11.9 Å². The molecule has 76 heavy (non-hydrogen) atoms. The van der Waals surface area contributed by atoms with Gasteiger partial charge in [-0.25, -0.2) is 9.59 Å². The summed E-state index contributed by atoms with van der Waals surface area (Å²) < 4.78 is 12.8. The van der Waals surface area contributed by atoms with Crippen molar-refractivity contribution in [1.82, 2.24) is 9.97 Å². The lowest BCUT2D eigenvalue weighted by Crippen LogP contribution is -2.33. The molecule has 0 N–H and O–H groups in total. The molecule has 8 rings (SSSR count). The largest absolute Gasteiger partial charge is 0.439 e. The second-order valence-electron chi connectivity index (χ2n) is 20.7. The van der Waals surface area contributed by atoms with Crippen molar-refractivity contribution in [2.24, 2.45) is 0 Å². The Bertz CT molecular complexity index is 2780. The summed E-state index contributed by atoms with van der Waals surface area (Å²) in [5.41, 5.74) is 13.3. The Kier molecular flexibility index (Phi) is 19.4. The number of rotatable bonds is 24. The van der Waals surface area contributed by atoms with Gasteiger partial charge in [-0.3, -0.25) is 9.97 Å². The van der Waals surface area contributed by atoms with Gasteiger partial charge < -0.3 is 29.1 Å². The van der Waals surface area contributed by atoms with E-state index in [-0.39, 0.29) is 11.9 Å². The number of ether oxygens (including phenoxy) is 2. The summed E-state index contributed by atoms with van der Waals surface area (Å²) in [5, 5.41) is 0. The van der Waals surface area contributed by atoms with Crippen LogP contribution < -0.4 is 19.6 Å². The summed E-state index contributed by atoms with van der Waals surface area (Å²) in [6.45, 7) is 34.0. The van der Waals surface area contributed by atoms with Gasteiger partial charge in [0, 0.05) is 110 Å². The van der Waals surface area contributed by atoms with Gasteiger partial charge in [-0.2, -0.15) is 0 Å². The summed E-state index contributed by atoms with van der Waals surface area (Å²) in [5.74, 6) is -0.646. The number of hydrogen-bond donors (Lipinski definition) is 0. The third kappa shape index (κ3) is 11.4. The second-order valence-corrected chi connectivity index (χ2v) is 20.7. The SMILES string of the molecule is CCCCN(CCCC)c1ccc(C2(c3ccc(N(CCCC)CCCC)cc3C)OC(=O)c3cccnc32)c(C)c1.CCN(CC)c1ccc(C2(c3ccc(N(CC)CC)cc3C)OC(=O)c3cccnc32)c(C)c1. The normalized spacial score (nSPS) is 13.8. The number of carbonyl (C=O) groups excluding carboxylic acids is 2. The fourth-order valence-electron chi connectivity index (χ4n) is 11.5. The number of benzene rings is 4. The summed E-state index contributed by atoms with van der Waals surface area (Å²) in [7, 11) is 0. The number of esters is 2. The molecule has 0 atom stereocenters. The van der Waals surface area contributed by atoms with E-state index in [1.54, 1.807) is 18.5 Å². The molecule has 10 heteroatoms. The first-order chi connectivity index (χ1) is 36.8. The lowest BCUT2D eigenvalue weighted by Gasteiger charge is -2.34. The van der Waals surface area contributed by atoms with Crippen LogP contribution in [0.25, 0.3) is 0 Å². The van der Waals surface area contributed by atoms with Gasteiger partial charge in [0.1, 0.15) is 11.4 Å². The van der Waals surface area contributed by atoms with E-state index >= 15 is 0 Å². The van der Waals surface area contributed by atoms with E-state index in [1.807, 2.05) is 18.2 Å². The zero-order chi connectivity index (χ0) is 54.6. The van der Waals surface area contributed by atoms with Crippen molar-refractivity contribution in [3.8, 4) is 0 Å². The third-order valence-electron chi connectivity index (χ3n) is 15.7. The number of hydrogen-bond acceptors (Lipinski definition) is 10. The van der Waals surface area contributed by atoms with E-state index in [0.717, 1.165) is 96.9 Å². The molecular formula is C66H86N6O4. The molecule has 10 nitrogen and oxygen atoms in total. The molecule has 0 saturated carbocycles. The molecule has 4 heterocycles. The Morgan fingerprint density at radius 1 is 0.395 bits per heavy atom. The number of aryl methyl sites for hydroxylation is 4. The average Bonchev–Trinajstić information content (AvgIpc) is 4.00. The van der Waals surface area contributed by atoms with E-state index in [4.69, 9.17) is 19.4 Å². The smallest absolute Gasteiger partial charge is 0.341 e. The minimum atomic E-state index is -1.09. The van der Waals surface area contributed by atoms with Crippen molar-refractivity contribution >= 4 is 34.7 Å². The molecule has 0 unspecified atom stereocenters. The lowest BCUT2D eigenvalue weighted by atomic mass is 9.78. The number of nitrogens with zero attached hydrogens (tertiary/aromatic N) is 6. The summed E-state index contributed by atoms with van der Waals surface area (Å²) in [6, 6.07) is 33.5. The topological polar surface area (TPSA) is 91.3 Å². The minimum Gasteiger partial charge on any atom is -0.439 e.